The summed E-state index contributed by atoms with van der Waals surface area (Å²) in [5, 5.41) is 7.73. The number of nitrogens with zero attached hydrogens (tertiary/aromatic N) is 1. The number of carbonyl (C=O) groups is 1. The molecule has 6 nitrogen and oxygen atoms in total. The number of rotatable bonds is 6. The van der Waals surface area contributed by atoms with Crippen molar-refractivity contribution in [1.82, 2.24) is 4.98 Å². The van der Waals surface area contributed by atoms with Crippen molar-refractivity contribution in [3.63, 3.8) is 0 Å². The van der Waals surface area contributed by atoms with Gasteiger partial charge in [0.2, 0.25) is 5.91 Å². The predicted octanol–water partition coefficient (Wildman–Crippen LogP) is 3.75. The molecule has 0 radical (unpaired) electrons. The maximum atomic E-state index is 13.2. The van der Waals surface area contributed by atoms with E-state index in [-0.39, 0.29) is 17.0 Å². The van der Waals surface area contributed by atoms with Gasteiger partial charge in [0.1, 0.15) is 0 Å². The lowest BCUT2D eigenvalue weighted by Crippen LogP contribution is -2.14. The summed E-state index contributed by atoms with van der Waals surface area (Å²) in [6.07, 6.45) is 1.10. The van der Waals surface area contributed by atoms with Crippen LogP contribution in [-0.2, 0) is 21.1 Å². The molecule has 0 spiro atoms. The zero-order chi connectivity index (χ0) is 20.3. The van der Waals surface area contributed by atoms with Crippen LogP contribution in [-0.4, -0.2) is 25.6 Å². The molecule has 0 atom stereocenters. The number of nitrogens with one attached hydrogen (secondary N) is 2. The van der Waals surface area contributed by atoms with Gasteiger partial charge in [-0.05, 0) is 36.4 Å². The van der Waals surface area contributed by atoms with E-state index in [0.717, 1.165) is 18.4 Å². The Hall–Kier alpha value is -2.85. The zero-order valence-corrected chi connectivity index (χ0v) is 16.2. The van der Waals surface area contributed by atoms with Gasteiger partial charge in [-0.15, -0.1) is 11.3 Å². The van der Waals surface area contributed by atoms with Crippen LogP contribution in [0.3, 0.4) is 0 Å². The van der Waals surface area contributed by atoms with E-state index < -0.39 is 27.4 Å². The van der Waals surface area contributed by atoms with E-state index in [9.17, 15) is 22.0 Å². The number of sulfone groups is 1. The minimum absolute atomic E-state index is 0.0375. The minimum atomic E-state index is -3.26. The Morgan fingerprint density at radius 2 is 1.75 bits per heavy atom. The van der Waals surface area contributed by atoms with E-state index in [4.69, 9.17) is 0 Å². The first kappa shape index (κ1) is 19.9. The van der Waals surface area contributed by atoms with Crippen LogP contribution in [0.5, 0.6) is 0 Å². The van der Waals surface area contributed by atoms with Gasteiger partial charge in [-0.3, -0.25) is 4.79 Å². The van der Waals surface area contributed by atoms with Crippen molar-refractivity contribution in [2.24, 2.45) is 0 Å². The lowest BCUT2D eigenvalue weighted by molar-refractivity contribution is -0.115. The molecule has 0 unspecified atom stereocenters. The topological polar surface area (TPSA) is 88.2 Å². The highest BCUT2D eigenvalue weighted by atomic mass is 32.2. The highest BCUT2D eigenvalue weighted by molar-refractivity contribution is 7.90. The molecule has 1 aromatic heterocycles. The number of carbonyl (C=O) groups excluding carboxylic acids is 1. The maximum absolute atomic E-state index is 13.2. The standard InChI is InChI=1S/C18H15F2N3O3S2/c1-28(25,26)14-5-2-11(3-6-14)22-18-23-13(10-27-18)9-17(24)21-12-4-7-15(19)16(20)8-12/h2-8,10H,9H2,1H3,(H,21,24)(H,22,23). The van der Waals surface area contributed by atoms with Crippen LogP contribution in [0.4, 0.5) is 25.3 Å². The fourth-order valence-electron chi connectivity index (χ4n) is 2.30. The number of anilines is 3. The molecule has 0 aliphatic heterocycles. The van der Waals surface area contributed by atoms with Gasteiger partial charge in [0.05, 0.1) is 17.0 Å². The van der Waals surface area contributed by atoms with Crippen molar-refractivity contribution >= 4 is 43.6 Å². The van der Waals surface area contributed by atoms with Gasteiger partial charge in [-0.25, -0.2) is 22.2 Å². The molecule has 1 heterocycles. The first-order valence-electron chi connectivity index (χ1n) is 7.97. The largest absolute Gasteiger partial charge is 0.332 e. The number of thiazole rings is 1. The summed E-state index contributed by atoms with van der Waals surface area (Å²) in [4.78, 5) is 16.5. The van der Waals surface area contributed by atoms with Gasteiger partial charge in [0.15, 0.2) is 26.6 Å². The molecule has 2 aromatic carbocycles. The summed E-state index contributed by atoms with van der Waals surface area (Å²) in [6, 6.07) is 9.32. The molecular weight excluding hydrogens is 408 g/mol. The van der Waals surface area contributed by atoms with Gasteiger partial charge in [-0.2, -0.15) is 0 Å². The second kappa shape index (κ2) is 8.03. The van der Waals surface area contributed by atoms with Gasteiger partial charge >= 0.3 is 0 Å². The smallest absolute Gasteiger partial charge is 0.230 e. The second-order valence-electron chi connectivity index (χ2n) is 5.92. The number of benzene rings is 2. The molecular formula is C18H15F2N3O3S2. The van der Waals surface area contributed by atoms with Crippen LogP contribution in [0.2, 0.25) is 0 Å². The van der Waals surface area contributed by atoms with Crippen LogP contribution in [0.1, 0.15) is 5.69 Å². The van der Waals surface area contributed by atoms with Crippen LogP contribution >= 0.6 is 11.3 Å². The predicted molar refractivity (Wildman–Crippen MR) is 104 cm³/mol. The van der Waals surface area contributed by atoms with Gasteiger partial charge < -0.3 is 10.6 Å². The highest BCUT2D eigenvalue weighted by Gasteiger charge is 2.11. The average Bonchev–Trinajstić information content (AvgIpc) is 3.04. The molecule has 3 rings (SSSR count). The first-order valence-corrected chi connectivity index (χ1v) is 10.7. The molecule has 146 valence electrons. The molecule has 1 amide bonds. The summed E-state index contributed by atoms with van der Waals surface area (Å²) in [5.74, 6) is -2.45. The Kier molecular flexibility index (Phi) is 5.71. The summed E-state index contributed by atoms with van der Waals surface area (Å²) >= 11 is 1.28. The van der Waals surface area contributed by atoms with E-state index in [1.165, 1.54) is 29.5 Å². The third kappa shape index (κ3) is 5.11. The van der Waals surface area contributed by atoms with Crippen molar-refractivity contribution in [3.05, 3.63) is 65.2 Å². The summed E-state index contributed by atoms with van der Waals surface area (Å²) < 4.78 is 49.0. The molecule has 0 aliphatic rings. The molecule has 10 heteroatoms. The third-order valence-corrected chi connectivity index (χ3v) is 5.57. The summed E-state index contributed by atoms with van der Waals surface area (Å²) in [5.41, 5.74) is 1.31. The number of amides is 1. The van der Waals surface area contributed by atoms with Gasteiger partial charge in [0.25, 0.3) is 0 Å². The zero-order valence-electron chi connectivity index (χ0n) is 14.6. The SMILES string of the molecule is CS(=O)(=O)c1ccc(Nc2nc(CC(=O)Nc3ccc(F)c(F)c3)cs2)cc1. The Balaban J connectivity index is 1.60. The van der Waals surface area contributed by atoms with Crippen LogP contribution in [0.15, 0.2) is 52.7 Å². The first-order chi connectivity index (χ1) is 13.2. The van der Waals surface area contributed by atoms with Crippen molar-refractivity contribution in [1.29, 1.82) is 0 Å². The molecule has 0 aliphatic carbocycles. The normalized spacial score (nSPS) is 11.2. The number of hydrogen-bond acceptors (Lipinski definition) is 6. The number of hydrogen-bond donors (Lipinski definition) is 2. The number of aromatic nitrogens is 1. The summed E-state index contributed by atoms with van der Waals surface area (Å²) in [6.45, 7) is 0. The van der Waals surface area contributed by atoms with E-state index in [1.807, 2.05) is 0 Å². The Bertz CT molecular complexity index is 1110. The van der Waals surface area contributed by atoms with Crippen LogP contribution in [0, 0.1) is 11.6 Å². The highest BCUT2D eigenvalue weighted by Crippen LogP contribution is 2.23. The minimum Gasteiger partial charge on any atom is -0.332 e. The van der Waals surface area contributed by atoms with E-state index in [1.54, 1.807) is 17.5 Å². The molecule has 0 saturated carbocycles. The molecule has 3 aromatic rings. The van der Waals surface area contributed by atoms with Crippen molar-refractivity contribution in [3.8, 4) is 0 Å². The molecule has 0 saturated heterocycles. The fraction of sp³-hybridized carbons (Fsp3) is 0.111. The average molecular weight is 423 g/mol. The second-order valence-corrected chi connectivity index (χ2v) is 8.79. The van der Waals surface area contributed by atoms with E-state index >= 15 is 0 Å². The quantitative estimate of drug-likeness (QED) is 0.631. The van der Waals surface area contributed by atoms with E-state index in [0.29, 0.717) is 16.5 Å². The van der Waals surface area contributed by atoms with Crippen LogP contribution in [0.25, 0.3) is 0 Å². The molecule has 0 bridgehead atoms. The third-order valence-electron chi connectivity index (χ3n) is 3.63. The Morgan fingerprint density at radius 3 is 2.39 bits per heavy atom. The Labute approximate surface area is 164 Å². The monoisotopic (exact) mass is 423 g/mol. The van der Waals surface area contributed by atoms with Crippen molar-refractivity contribution in [2.45, 2.75) is 11.3 Å². The molecule has 0 fully saturated rings. The number of halogens is 2. The Morgan fingerprint density at radius 1 is 1.07 bits per heavy atom. The summed E-state index contributed by atoms with van der Waals surface area (Å²) in [7, 11) is -3.26. The molecule has 2 N–H and O–H groups in total. The van der Waals surface area contributed by atoms with Gasteiger partial charge in [0, 0.05) is 29.1 Å². The van der Waals surface area contributed by atoms with Crippen molar-refractivity contribution < 1.29 is 22.0 Å². The van der Waals surface area contributed by atoms with Gasteiger partial charge in [-0.1, -0.05) is 0 Å². The fourth-order valence-corrected chi connectivity index (χ4v) is 3.66. The lowest BCUT2D eigenvalue weighted by Gasteiger charge is -2.05. The maximum Gasteiger partial charge on any atom is 0.230 e. The van der Waals surface area contributed by atoms with Crippen molar-refractivity contribution in [2.75, 3.05) is 16.9 Å². The lowest BCUT2D eigenvalue weighted by atomic mass is 10.2. The molecule has 28 heavy (non-hydrogen) atoms. The van der Waals surface area contributed by atoms with E-state index in [2.05, 4.69) is 15.6 Å². The van der Waals surface area contributed by atoms with Crippen LogP contribution < -0.4 is 10.6 Å².